The smallest absolute Gasteiger partial charge is 0.238 e. The standard InChI is InChI=1S/C20H20F2N4O3/c21-15-9-14(10-16(22)20(15)29)26-5-3-25(4-6-26)11-19(28)23-13-1-2-17-12(7-13)8-18(27)24-17/h1-2,7,9-10,29H,3-6,8,11H2,(H,23,28)(H,24,27). The first-order chi connectivity index (χ1) is 13.9. The minimum Gasteiger partial charge on any atom is -0.503 e. The zero-order valence-electron chi connectivity index (χ0n) is 15.5. The van der Waals surface area contributed by atoms with Crippen LogP contribution in [0.1, 0.15) is 5.56 Å². The summed E-state index contributed by atoms with van der Waals surface area (Å²) < 4.78 is 27.1. The van der Waals surface area contributed by atoms with Gasteiger partial charge in [-0.15, -0.1) is 0 Å². The molecule has 4 rings (SSSR count). The molecule has 1 saturated heterocycles. The predicted octanol–water partition coefficient (Wildman–Crippen LogP) is 1.93. The number of benzene rings is 2. The van der Waals surface area contributed by atoms with E-state index in [2.05, 4.69) is 10.6 Å². The van der Waals surface area contributed by atoms with Crippen LogP contribution < -0.4 is 15.5 Å². The first kappa shape index (κ1) is 19.1. The van der Waals surface area contributed by atoms with Gasteiger partial charge in [-0.05, 0) is 23.8 Å². The molecule has 0 bridgehead atoms. The molecule has 2 aromatic carbocycles. The molecule has 29 heavy (non-hydrogen) atoms. The highest BCUT2D eigenvalue weighted by Gasteiger charge is 2.22. The monoisotopic (exact) mass is 402 g/mol. The van der Waals surface area contributed by atoms with Crippen molar-refractivity contribution in [2.75, 3.05) is 48.3 Å². The molecule has 2 aromatic rings. The minimum atomic E-state index is -0.993. The molecule has 2 amide bonds. The predicted molar refractivity (Wildman–Crippen MR) is 104 cm³/mol. The number of aromatic hydroxyl groups is 1. The Balaban J connectivity index is 1.30. The van der Waals surface area contributed by atoms with Crippen molar-refractivity contribution in [3.05, 3.63) is 47.5 Å². The van der Waals surface area contributed by atoms with E-state index in [9.17, 15) is 23.5 Å². The quantitative estimate of drug-likeness (QED) is 0.728. The molecule has 2 aliphatic rings. The summed E-state index contributed by atoms with van der Waals surface area (Å²) in [5.41, 5.74) is 2.63. The van der Waals surface area contributed by atoms with E-state index in [0.29, 0.717) is 44.0 Å². The number of piperazine rings is 1. The number of anilines is 3. The highest BCUT2D eigenvalue weighted by atomic mass is 19.1. The number of nitrogens with one attached hydrogen (secondary N) is 2. The molecular weight excluding hydrogens is 382 g/mol. The van der Waals surface area contributed by atoms with Gasteiger partial charge in [0.05, 0.1) is 13.0 Å². The molecule has 1 fully saturated rings. The second kappa shape index (κ2) is 7.67. The Morgan fingerprint density at radius 3 is 2.48 bits per heavy atom. The Kier molecular flexibility index (Phi) is 5.06. The number of carbonyl (C=O) groups is 2. The summed E-state index contributed by atoms with van der Waals surface area (Å²) in [6.45, 7) is 2.31. The number of rotatable bonds is 4. The fraction of sp³-hybridized carbons (Fsp3) is 0.300. The second-order valence-corrected chi connectivity index (χ2v) is 7.17. The van der Waals surface area contributed by atoms with Gasteiger partial charge in [0.1, 0.15) is 0 Å². The Labute approximate surface area is 165 Å². The fourth-order valence-corrected chi connectivity index (χ4v) is 3.61. The maximum atomic E-state index is 13.6. The molecule has 0 aromatic heterocycles. The van der Waals surface area contributed by atoms with Crippen LogP contribution in [0.5, 0.6) is 5.75 Å². The van der Waals surface area contributed by atoms with Crippen LogP contribution in [0.4, 0.5) is 25.8 Å². The van der Waals surface area contributed by atoms with E-state index < -0.39 is 17.4 Å². The molecule has 152 valence electrons. The average molecular weight is 402 g/mol. The average Bonchev–Trinajstić information content (AvgIpc) is 3.05. The van der Waals surface area contributed by atoms with E-state index >= 15 is 0 Å². The van der Waals surface area contributed by atoms with Crippen LogP contribution in [0.25, 0.3) is 0 Å². The fourth-order valence-electron chi connectivity index (χ4n) is 3.61. The minimum absolute atomic E-state index is 0.0604. The number of phenolic OH excluding ortho intramolecular Hbond substituents is 1. The van der Waals surface area contributed by atoms with Crippen molar-refractivity contribution < 1.29 is 23.5 Å². The topological polar surface area (TPSA) is 84.9 Å². The number of phenols is 1. The Hall–Kier alpha value is -3.20. The van der Waals surface area contributed by atoms with Gasteiger partial charge in [0.2, 0.25) is 11.8 Å². The van der Waals surface area contributed by atoms with Gasteiger partial charge in [-0.3, -0.25) is 14.5 Å². The van der Waals surface area contributed by atoms with Crippen molar-refractivity contribution in [2.24, 2.45) is 0 Å². The number of fused-ring (bicyclic) bond motifs is 1. The van der Waals surface area contributed by atoms with Gasteiger partial charge >= 0.3 is 0 Å². The van der Waals surface area contributed by atoms with Crippen molar-refractivity contribution in [1.82, 2.24) is 4.90 Å². The summed E-state index contributed by atoms with van der Waals surface area (Å²) in [4.78, 5) is 27.5. The number of amides is 2. The lowest BCUT2D eigenvalue weighted by Crippen LogP contribution is -2.48. The van der Waals surface area contributed by atoms with Crippen LogP contribution in [0.15, 0.2) is 30.3 Å². The van der Waals surface area contributed by atoms with Crippen LogP contribution in [0, 0.1) is 11.6 Å². The number of nitrogens with zero attached hydrogens (tertiary/aromatic N) is 2. The molecule has 9 heteroatoms. The van der Waals surface area contributed by atoms with Crippen LogP contribution in [-0.2, 0) is 16.0 Å². The maximum Gasteiger partial charge on any atom is 0.238 e. The van der Waals surface area contributed by atoms with Gasteiger partial charge in [0.25, 0.3) is 0 Å². The van der Waals surface area contributed by atoms with Crippen molar-refractivity contribution in [3.63, 3.8) is 0 Å². The number of hydrogen-bond donors (Lipinski definition) is 3. The van der Waals surface area contributed by atoms with E-state index in [1.54, 1.807) is 18.2 Å². The van der Waals surface area contributed by atoms with E-state index in [4.69, 9.17) is 0 Å². The third-order valence-corrected chi connectivity index (χ3v) is 5.12. The molecule has 3 N–H and O–H groups in total. The molecule has 0 atom stereocenters. The molecule has 2 aliphatic heterocycles. The van der Waals surface area contributed by atoms with Crippen LogP contribution in [0.2, 0.25) is 0 Å². The molecule has 2 heterocycles. The summed E-state index contributed by atoms with van der Waals surface area (Å²) in [6, 6.07) is 7.51. The van der Waals surface area contributed by atoms with Crippen LogP contribution >= 0.6 is 0 Å². The zero-order chi connectivity index (χ0) is 20.5. The highest BCUT2D eigenvalue weighted by molar-refractivity contribution is 6.00. The van der Waals surface area contributed by atoms with E-state index in [1.807, 2.05) is 9.80 Å². The van der Waals surface area contributed by atoms with E-state index in [-0.39, 0.29) is 18.4 Å². The Morgan fingerprint density at radius 2 is 1.79 bits per heavy atom. The normalized spacial score (nSPS) is 16.5. The molecular formula is C20H20F2N4O3. The van der Waals surface area contributed by atoms with Gasteiger partial charge in [-0.2, -0.15) is 0 Å². The van der Waals surface area contributed by atoms with Gasteiger partial charge in [-0.25, -0.2) is 8.78 Å². The molecule has 0 spiro atoms. The SMILES string of the molecule is O=C(CN1CCN(c2cc(F)c(O)c(F)c2)CC1)Nc1ccc2c(c1)CC(=O)N2. The summed E-state index contributed by atoms with van der Waals surface area (Å²) in [5, 5.41) is 14.8. The summed E-state index contributed by atoms with van der Waals surface area (Å²) >= 11 is 0. The molecule has 0 radical (unpaired) electrons. The third kappa shape index (κ3) is 4.14. The summed E-state index contributed by atoms with van der Waals surface area (Å²) in [6.07, 6.45) is 0.305. The summed E-state index contributed by atoms with van der Waals surface area (Å²) in [5.74, 6) is -3.19. The summed E-state index contributed by atoms with van der Waals surface area (Å²) in [7, 11) is 0. The number of carbonyl (C=O) groups excluding carboxylic acids is 2. The molecule has 7 nitrogen and oxygen atoms in total. The van der Waals surface area contributed by atoms with E-state index in [1.165, 1.54) is 0 Å². The lowest BCUT2D eigenvalue weighted by molar-refractivity contribution is -0.117. The van der Waals surface area contributed by atoms with Crippen molar-refractivity contribution in [2.45, 2.75) is 6.42 Å². The zero-order valence-corrected chi connectivity index (χ0v) is 15.5. The highest BCUT2D eigenvalue weighted by Crippen LogP contribution is 2.28. The van der Waals surface area contributed by atoms with Gasteiger partial charge in [-0.1, -0.05) is 0 Å². The molecule has 0 unspecified atom stereocenters. The van der Waals surface area contributed by atoms with Gasteiger partial charge in [0, 0.05) is 55.4 Å². The first-order valence-electron chi connectivity index (χ1n) is 9.27. The number of hydrogen-bond acceptors (Lipinski definition) is 5. The molecule has 0 saturated carbocycles. The van der Waals surface area contributed by atoms with Crippen molar-refractivity contribution in [1.29, 1.82) is 0 Å². The number of halogens is 2. The lowest BCUT2D eigenvalue weighted by Gasteiger charge is -2.35. The lowest BCUT2D eigenvalue weighted by atomic mass is 10.1. The van der Waals surface area contributed by atoms with Gasteiger partial charge < -0.3 is 20.6 Å². The van der Waals surface area contributed by atoms with Crippen molar-refractivity contribution in [3.8, 4) is 5.75 Å². The second-order valence-electron chi connectivity index (χ2n) is 7.17. The van der Waals surface area contributed by atoms with Crippen LogP contribution in [-0.4, -0.2) is 54.5 Å². The Bertz CT molecular complexity index is 951. The van der Waals surface area contributed by atoms with Crippen LogP contribution in [0.3, 0.4) is 0 Å². The molecule has 0 aliphatic carbocycles. The van der Waals surface area contributed by atoms with Gasteiger partial charge in [0.15, 0.2) is 17.4 Å². The maximum absolute atomic E-state index is 13.6. The van der Waals surface area contributed by atoms with Crippen molar-refractivity contribution >= 4 is 28.9 Å². The third-order valence-electron chi connectivity index (χ3n) is 5.12. The largest absolute Gasteiger partial charge is 0.503 e. The Morgan fingerprint density at radius 1 is 1.10 bits per heavy atom. The van der Waals surface area contributed by atoms with E-state index in [0.717, 1.165) is 23.4 Å². The first-order valence-corrected chi connectivity index (χ1v) is 9.27.